The van der Waals surface area contributed by atoms with E-state index in [-0.39, 0.29) is 30.4 Å². The van der Waals surface area contributed by atoms with Crippen molar-refractivity contribution in [2.24, 2.45) is 5.92 Å². The SMILES string of the molecule is Cc1sc(NC(=O)COc2ccc(Cl)cc2)nc1-c1ccc2c(c1)CC(C)N2C(=O)C1CC1. The van der Waals surface area contributed by atoms with Crippen LogP contribution in [0.4, 0.5) is 10.8 Å². The van der Waals surface area contributed by atoms with Crippen LogP contribution in [0.25, 0.3) is 11.3 Å². The third-order valence-corrected chi connectivity index (χ3v) is 7.10. The molecular weight excluding hydrogens is 458 g/mol. The van der Waals surface area contributed by atoms with Gasteiger partial charge in [0, 0.05) is 33.1 Å². The van der Waals surface area contributed by atoms with Gasteiger partial charge in [0.1, 0.15) is 5.75 Å². The molecule has 1 saturated carbocycles. The molecule has 2 heterocycles. The van der Waals surface area contributed by atoms with Gasteiger partial charge in [-0.05, 0) is 75.1 Å². The second-order valence-corrected chi connectivity index (χ2v) is 10.2. The lowest BCUT2D eigenvalue weighted by atomic mass is 10.0. The van der Waals surface area contributed by atoms with Crippen molar-refractivity contribution < 1.29 is 14.3 Å². The highest BCUT2D eigenvalue weighted by molar-refractivity contribution is 7.16. The fourth-order valence-electron chi connectivity index (χ4n) is 4.19. The minimum Gasteiger partial charge on any atom is -0.484 e. The van der Waals surface area contributed by atoms with Gasteiger partial charge in [0.2, 0.25) is 5.91 Å². The number of anilines is 2. The molecule has 8 heteroatoms. The zero-order valence-corrected chi connectivity index (χ0v) is 20.0. The van der Waals surface area contributed by atoms with Crippen LogP contribution in [0.2, 0.25) is 5.02 Å². The normalized spacial score (nSPS) is 17.1. The number of carbonyl (C=O) groups is 2. The quantitative estimate of drug-likeness (QED) is 0.506. The summed E-state index contributed by atoms with van der Waals surface area (Å²) in [5.74, 6) is 0.757. The van der Waals surface area contributed by atoms with Crippen molar-refractivity contribution in [2.45, 2.75) is 39.2 Å². The van der Waals surface area contributed by atoms with Crippen LogP contribution in [0.5, 0.6) is 5.75 Å². The minimum absolute atomic E-state index is 0.114. The first-order valence-corrected chi connectivity index (χ1v) is 12.2. The maximum Gasteiger partial charge on any atom is 0.264 e. The first-order chi connectivity index (χ1) is 15.9. The maximum absolute atomic E-state index is 12.7. The van der Waals surface area contributed by atoms with E-state index in [1.54, 1.807) is 24.3 Å². The minimum atomic E-state index is -0.276. The van der Waals surface area contributed by atoms with Gasteiger partial charge in [0.25, 0.3) is 5.91 Å². The highest BCUT2D eigenvalue weighted by Gasteiger charge is 2.39. The van der Waals surface area contributed by atoms with E-state index in [0.717, 1.165) is 41.1 Å². The van der Waals surface area contributed by atoms with Gasteiger partial charge < -0.3 is 9.64 Å². The number of nitrogens with zero attached hydrogens (tertiary/aromatic N) is 2. The number of fused-ring (bicyclic) bond motifs is 1. The largest absolute Gasteiger partial charge is 0.484 e. The van der Waals surface area contributed by atoms with Crippen molar-refractivity contribution in [3.63, 3.8) is 0 Å². The first kappa shape index (κ1) is 21.9. The lowest BCUT2D eigenvalue weighted by Gasteiger charge is -2.22. The number of aromatic nitrogens is 1. The third kappa shape index (κ3) is 4.61. The smallest absolute Gasteiger partial charge is 0.264 e. The van der Waals surface area contributed by atoms with E-state index >= 15 is 0 Å². The lowest BCUT2D eigenvalue weighted by molar-refractivity contribution is -0.120. The molecule has 2 aliphatic rings. The molecule has 3 aromatic rings. The molecule has 1 aliphatic carbocycles. The van der Waals surface area contributed by atoms with Gasteiger partial charge in [-0.1, -0.05) is 17.7 Å². The first-order valence-electron chi connectivity index (χ1n) is 11.0. The number of benzene rings is 2. The number of hydrogen-bond donors (Lipinski definition) is 1. The highest BCUT2D eigenvalue weighted by Crippen LogP contribution is 2.41. The number of hydrogen-bond acceptors (Lipinski definition) is 5. The third-order valence-electron chi connectivity index (χ3n) is 5.96. The summed E-state index contributed by atoms with van der Waals surface area (Å²) in [5, 5.41) is 3.97. The van der Waals surface area contributed by atoms with Crippen molar-refractivity contribution in [1.29, 1.82) is 0 Å². The predicted octanol–water partition coefficient (Wildman–Crippen LogP) is 5.48. The van der Waals surface area contributed by atoms with Crippen molar-refractivity contribution in [3.05, 3.63) is 57.9 Å². The number of ether oxygens (including phenoxy) is 1. The molecule has 1 aromatic heterocycles. The molecule has 1 fully saturated rings. The molecule has 2 aromatic carbocycles. The molecule has 6 nitrogen and oxygen atoms in total. The summed E-state index contributed by atoms with van der Waals surface area (Å²) in [6.45, 7) is 3.98. The van der Waals surface area contributed by atoms with E-state index in [4.69, 9.17) is 16.3 Å². The second kappa shape index (κ2) is 8.80. The number of carbonyl (C=O) groups excluding carboxylic acids is 2. The van der Waals surface area contributed by atoms with Crippen LogP contribution >= 0.6 is 22.9 Å². The topological polar surface area (TPSA) is 71.5 Å². The Bertz CT molecular complexity index is 1220. The van der Waals surface area contributed by atoms with Gasteiger partial charge in [-0.3, -0.25) is 14.9 Å². The van der Waals surface area contributed by atoms with Crippen LogP contribution in [-0.2, 0) is 16.0 Å². The van der Waals surface area contributed by atoms with Crippen molar-refractivity contribution >= 4 is 45.6 Å². The van der Waals surface area contributed by atoms with Gasteiger partial charge >= 0.3 is 0 Å². The zero-order valence-electron chi connectivity index (χ0n) is 18.4. The average Bonchev–Trinajstić information content (AvgIpc) is 3.50. The zero-order chi connectivity index (χ0) is 23.1. The molecule has 33 heavy (non-hydrogen) atoms. The molecule has 2 amide bonds. The Balaban J connectivity index is 1.28. The molecule has 0 spiro atoms. The average molecular weight is 482 g/mol. The molecule has 0 saturated heterocycles. The summed E-state index contributed by atoms with van der Waals surface area (Å²) < 4.78 is 5.50. The maximum atomic E-state index is 12.7. The Labute approximate surface area is 201 Å². The van der Waals surface area contributed by atoms with Crippen LogP contribution in [0, 0.1) is 12.8 Å². The van der Waals surface area contributed by atoms with Crippen molar-refractivity contribution in [1.82, 2.24) is 4.98 Å². The van der Waals surface area contributed by atoms with Crippen LogP contribution in [0.1, 0.15) is 30.2 Å². The Morgan fingerprint density at radius 2 is 1.97 bits per heavy atom. The Kier molecular flexibility index (Phi) is 5.85. The summed E-state index contributed by atoms with van der Waals surface area (Å²) in [4.78, 5) is 32.7. The van der Waals surface area contributed by atoms with E-state index in [1.807, 2.05) is 24.0 Å². The van der Waals surface area contributed by atoms with E-state index in [9.17, 15) is 9.59 Å². The molecule has 5 rings (SSSR count). The van der Waals surface area contributed by atoms with Gasteiger partial charge in [-0.25, -0.2) is 4.98 Å². The fourth-order valence-corrected chi connectivity index (χ4v) is 5.17. The van der Waals surface area contributed by atoms with Crippen molar-refractivity contribution in [2.75, 3.05) is 16.8 Å². The number of amides is 2. The number of aryl methyl sites for hydroxylation is 1. The van der Waals surface area contributed by atoms with E-state index in [2.05, 4.69) is 23.3 Å². The highest BCUT2D eigenvalue weighted by atomic mass is 35.5. The summed E-state index contributed by atoms with van der Waals surface area (Å²) in [5.41, 5.74) is 4.02. The summed E-state index contributed by atoms with van der Waals surface area (Å²) in [6, 6.07) is 13.2. The van der Waals surface area contributed by atoms with E-state index in [0.29, 0.717) is 15.9 Å². The molecular formula is C25H24ClN3O3S. The predicted molar refractivity (Wildman–Crippen MR) is 131 cm³/mol. The summed E-state index contributed by atoms with van der Waals surface area (Å²) in [6.07, 6.45) is 2.86. The Morgan fingerprint density at radius 3 is 2.70 bits per heavy atom. The van der Waals surface area contributed by atoms with Gasteiger partial charge in [-0.15, -0.1) is 11.3 Å². The second-order valence-electron chi connectivity index (χ2n) is 8.59. The van der Waals surface area contributed by atoms with Crippen LogP contribution in [0.3, 0.4) is 0 Å². The molecule has 0 radical (unpaired) electrons. The van der Waals surface area contributed by atoms with Crippen molar-refractivity contribution in [3.8, 4) is 17.0 Å². The van der Waals surface area contributed by atoms with Crippen LogP contribution in [-0.4, -0.2) is 29.4 Å². The van der Waals surface area contributed by atoms with Gasteiger partial charge in [0.05, 0.1) is 5.69 Å². The number of thiazole rings is 1. The Hall–Kier alpha value is -2.90. The molecule has 1 aliphatic heterocycles. The Morgan fingerprint density at radius 1 is 1.21 bits per heavy atom. The summed E-state index contributed by atoms with van der Waals surface area (Å²) >= 11 is 7.30. The number of rotatable bonds is 6. The van der Waals surface area contributed by atoms with Crippen LogP contribution < -0.4 is 15.0 Å². The fraction of sp³-hybridized carbons (Fsp3) is 0.320. The number of nitrogens with one attached hydrogen (secondary N) is 1. The monoisotopic (exact) mass is 481 g/mol. The van der Waals surface area contributed by atoms with E-state index in [1.165, 1.54) is 16.9 Å². The number of halogens is 1. The molecule has 170 valence electrons. The lowest BCUT2D eigenvalue weighted by Crippen LogP contribution is -2.36. The summed E-state index contributed by atoms with van der Waals surface area (Å²) in [7, 11) is 0. The molecule has 1 N–H and O–H groups in total. The van der Waals surface area contributed by atoms with Crippen LogP contribution in [0.15, 0.2) is 42.5 Å². The van der Waals surface area contributed by atoms with Gasteiger partial charge in [0.15, 0.2) is 11.7 Å². The molecule has 0 bridgehead atoms. The van der Waals surface area contributed by atoms with Gasteiger partial charge in [-0.2, -0.15) is 0 Å². The standard InChI is InChI=1S/C25H24ClN3O3S/c1-14-11-18-12-17(5-10-21(18)29(14)24(31)16-3-4-16)23-15(2)33-25(28-23)27-22(30)13-32-20-8-6-19(26)7-9-20/h5-10,12,14,16H,3-4,11,13H2,1-2H3,(H,27,28,30). The van der Waals surface area contributed by atoms with E-state index < -0.39 is 0 Å². The molecule has 1 unspecified atom stereocenters. The molecule has 1 atom stereocenters.